The Labute approximate surface area is 84.3 Å². The molecule has 0 saturated heterocycles. The second-order valence-electron chi connectivity index (χ2n) is 2.39. The summed E-state index contributed by atoms with van der Waals surface area (Å²) in [6, 6.07) is 8.14. The molecule has 1 aromatic carbocycles. The van der Waals surface area contributed by atoms with Crippen LogP contribution in [0, 0.1) is 0 Å². The maximum atomic E-state index is 5.14. The summed E-state index contributed by atoms with van der Waals surface area (Å²) in [4.78, 5) is 0. The molecular weight excluding hydrogens is 203 g/mol. The average molecular weight is 213 g/mol. The van der Waals surface area contributed by atoms with Crippen molar-refractivity contribution in [3.63, 3.8) is 0 Å². The Bertz CT molecular complexity index is 307. The van der Waals surface area contributed by atoms with Crippen LogP contribution in [0.4, 0.5) is 0 Å². The number of allylic oxidation sites excluding steroid dienone is 1. The molecule has 1 unspecified atom stereocenters. The van der Waals surface area contributed by atoms with Crippen molar-refractivity contribution in [3.8, 4) is 0 Å². The van der Waals surface area contributed by atoms with Gasteiger partial charge in [0.2, 0.25) is 0 Å². The van der Waals surface area contributed by atoms with Gasteiger partial charge in [-0.05, 0) is 12.5 Å². The lowest BCUT2D eigenvalue weighted by Crippen LogP contribution is -2.01. The summed E-state index contributed by atoms with van der Waals surface area (Å²) in [5.41, 5.74) is 1.25. The number of rotatable bonds is 3. The zero-order chi connectivity index (χ0) is 8.97. The normalized spacial score (nSPS) is 10.9. The minimum absolute atomic E-state index is 0.698. The molecule has 0 amide bonds. The van der Waals surface area contributed by atoms with E-state index in [1.807, 2.05) is 24.3 Å². The molecule has 0 fully saturated rings. The van der Waals surface area contributed by atoms with Gasteiger partial charge in [-0.25, -0.2) is 0 Å². The quantitative estimate of drug-likeness (QED) is 0.457. The number of benzene rings is 1. The highest BCUT2D eigenvalue weighted by Crippen LogP contribution is 2.26. The third-order valence-electron chi connectivity index (χ3n) is 1.56. The monoisotopic (exact) mass is 213 g/mol. The molecule has 0 nitrogen and oxygen atoms in total. The summed E-state index contributed by atoms with van der Waals surface area (Å²) in [6.45, 7) is 3.70. The fourth-order valence-electron chi connectivity index (χ4n) is 1.03. The van der Waals surface area contributed by atoms with Crippen LogP contribution in [0.5, 0.6) is 0 Å². The van der Waals surface area contributed by atoms with Crippen LogP contribution in [0.2, 0.25) is 0 Å². The lowest BCUT2D eigenvalue weighted by atomic mass is 10.1. The zero-order valence-electron chi connectivity index (χ0n) is 6.60. The van der Waals surface area contributed by atoms with Crippen LogP contribution in [0.3, 0.4) is 0 Å². The molecule has 0 spiro atoms. The van der Waals surface area contributed by atoms with Gasteiger partial charge in [-0.1, -0.05) is 24.3 Å². The van der Waals surface area contributed by atoms with E-state index in [0.717, 1.165) is 6.42 Å². The van der Waals surface area contributed by atoms with Crippen LogP contribution in [0.25, 0.3) is 0 Å². The summed E-state index contributed by atoms with van der Waals surface area (Å²) in [6.07, 6.45) is 2.77. The Balaban J connectivity index is 3.07. The maximum absolute atomic E-state index is 5.14. The van der Waals surface area contributed by atoms with Gasteiger partial charge in [-0.3, -0.25) is 0 Å². The van der Waals surface area contributed by atoms with E-state index in [4.69, 9.17) is 11.8 Å². The fourth-order valence-corrected chi connectivity index (χ4v) is 2.77. The predicted molar refractivity (Wildman–Crippen MR) is 63.2 cm³/mol. The van der Waals surface area contributed by atoms with Crippen molar-refractivity contribution in [1.82, 2.24) is 0 Å². The Morgan fingerprint density at radius 1 is 1.50 bits per heavy atom. The van der Waals surface area contributed by atoms with Crippen LogP contribution in [-0.4, -0.2) is 0 Å². The minimum atomic E-state index is -0.698. The van der Waals surface area contributed by atoms with Gasteiger partial charge in [0, 0.05) is 5.56 Å². The molecule has 1 rings (SSSR count). The second-order valence-corrected chi connectivity index (χ2v) is 6.53. The van der Waals surface area contributed by atoms with Crippen LogP contribution >= 0.6 is 18.1 Å². The largest absolute Gasteiger partial charge is 0.280 e. The van der Waals surface area contributed by atoms with E-state index in [2.05, 4.69) is 24.9 Å². The zero-order valence-corrected chi connectivity index (χ0v) is 9.21. The lowest BCUT2D eigenvalue weighted by Gasteiger charge is -1.95. The number of hydrogen-bond donors (Lipinski definition) is 1. The van der Waals surface area contributed by atoms with Gasteiger partial charge in [0.25, 0.3) is 5.90 Å². The molecule has 0 bridgehead atoms. The van der Waals surface area contributed by atoms with E-state index in [1.165, 1.54) is 10.9 Å². The van der Waals surface area contributed by atoms with E-state index in [1.54, 1.807) is 0 Å². The second kappa shape index (κ2) is 4.76. The standard InChI is InChI=1S/C9H9PS2/c1-2-5-8-6-3-4-7-9(8)10(11)12/h2-4,6-7H,1,5H2/p+1. The Hall–Kier alpha value is -0.170. The van der Waals surface area contributed by atoms with Gasteiger partial charge in [-0.15, -0.1) is 6.58 Å². The predicted octanol–water partition coefficient (Wildman–Crippen LogP) is 2.83. The molecule has 1 atom stereocenters. The molecule has 0 aliphatic heterocycles. The first kappa shape index (κ1) is 9.91. The highest BCUT2D eigenvalue weighted by Gasteiger charge is 2.12. The first-order valence-corrected chi connectivity index (χ1v) is 7.11. The summed E-state index contributed by atoms with van der Waals surface area (Å²) >= 11 is 9.44. The van der Waals surface area contributed by atoms with Crippen molar-refractivity contribution in [2.24, 2.45) is 0 Å². The van der Waals surface area contributed by atoms with Crippen LogP contribution in [0.1, 0.15) is 5.56 Å². The Morgan fingerprint density at radius 2 is 2.17 bits per heavy atom. The lowest BCUT2D eigenvalue weighted by molar-refractivity contribution is 1.30. The van der Waals surface area contributed by atoms with E-state index < -0.39 is 5.90 Å². The van der Waals surface area contributed by atoms with Crippen LogP contribution in [0.15, 0.2) is 36.9 Å². The van der Waals surface area contributed by atoms with Gasteiger partial charge < -0.3 is 0 Å². The van der Waals surface area contributed by atoms with Crippen molar-refractivity contribution in [1.29, 1.82) is 0 Å². The molecule has 3 heteroatoms. The first-order valence-electron chi connectivity index (χ1n) is 3.60. The molecule has 12 heavy (non-hydrogen) atoms. The molecule has 0 aliphatic rings. The van der Waals surface area contributed by atoms with Gasteiger partial charge >= 0.3 is 0 Å². The van der Waals surface area contributed by atoms with Crippen molar-refractivity contribution < 1.29 is 0 Å². The third kappa shape index (κ3) is 2.41. The summed E-state index contributed by atoms with van der Waals surface area (Å²) in [5.74, 6) is -0.698. The molecule has 0 radical (unpaired) electrons. The Morgan fingerprint density at radius 3 is 2.75 bits per heavy atom. The SMILES string of the molecule is C=CCc1ccccc1[P+](=S)S. The first-order chi connectivity index (χ1) is 5.75. The molecular formula is C9H10PS2+. The van der Waals surface area contributed by atoms with Crippen molar-refractivity contribution >= 4 is 35.3 Å². The Kier molecular flexibility index (Phi) is 3.93. The molecule has 0 N–H and O–H groups in total. The number of thiol groups is 1. The molecule has 62 valence electrons. The van der Waals surface area contributed by atoms with Gasteiger partial charge in [0.05, 0.1) is 12.2 Å². The molecule has 0 aromatic heterocycles. The summed E-state index contributed by atoms with van der Waals surface area (Å²) in [7, 11) is 0. The highest BCUT2D eigenvalue weighted by molar-refractivity contribution is 8.58. The minimum Gasteiger partial charge on any atom is -0.103 e. The molecule has 1 aromatic rings. The van der Waals surface area contributed by atoms with E-state index in [9.17, 15) is 0 Å². The van der Waals surface area contributed by atoms with Crippen molar-refractivity contribution in [3.05, 3.63) is 42.5 Å². The summed E-state index contributed by atoms with van der Waals surface area (Å²) < 4.78 is 0. The average Bonchev–Trinajstić information content (AvgIpc) is 2.05. The van der Waals surface area contributed by atoms with Crippen LogP contribution in [-0.2, 0) is 18.2 Å². The highest BCUT2D eigenvalue weighted by atomic mass is 32.9. The van der Waals surface area contributed by atoms with E-state index in [-0.39, 0.29) is 0 Å². The maximum Gasteiger partial charge on any atom is 0.280 e. The third-order valence-corrected chi connectivity index (χ3v) is 3.65. The van der Waals surface area contributed by atoms with Gasteiger partial charge in [0.15, 0.2) is 17.1 Å². The van der Waals surface area contributed by atoms with Gasteiger partial charge in [0.1, 0.15) is 0 Å². The van der Waals surface area contributed by atoms with E-state index in [0.29, 0.717) is 0 Å². The fraction of sp³-hybridized carbons (Fsp3) is 0.111. The molecule has 0 aliphatic carbocycles. The molecule has 0 saturated carbocycles. The topological polar surface area (TPSA) is 0 Å². The summed E-state index contributed by atoms with van der Waals surface area (Å²) in [5, 5.41) is 1.19. The van der Waals surface area contributed by atoms with Crippen LogP contribution < -0.4 is 5.30 Å². The molecule has 0 heterocycles. The smallest absolute Gasteiger partial charge is 0.103 e. The van der Waals surface area contributed by atoms with Crippen molar-refractivity contribution in [2.45, 2.75) is 6.42 Å². The van der Waals surface area contributed by atoms with Gasteiger partial charge in [-0.2, -0.15) is 0 Å². The van der Waals surface area contributed by atoms with Crippen molar-refractivity contribution in [2.75, 3.05) is 0 Å². The van der Waals surface area contributed by atoms with E-state index >= 15 is 0 Å². The number of hydrogen-bond acceptors (Lipinski definition) is 1.